The third-order valence-corrected chi connectivity index (χ3v) is 2.60. The molecular weight excluding hydrogens is 219 g/mol. The quantitative estimate of drug-likeness (QED) is 0.868. The molecule has 0 radical (unpaired) electrons. The van der Waals surface area contributed by atoms with Crippen molar-refractivity contribution >= 4 is 0 Å². The maximum Gasteiger partial charge on any atom is 0.419 e. The van der Waals surface area contributed by atoms with Gasteiger partial charge in [0, 0.05) is 12.2 Å². The number of rotatable bonds is 4. The lowest BCUT2D eigenvalue weighted by atomic mass is 10.2. The zero-order chi connectivity index (χ0) is 12.3. The molecule has 0 fully saturated rings. The van der Waals surface area contributed by atoms with Gasteiger partial charge in [0.1, 0.15) is 0 Å². The normalized spacial score (nSPS) is 16.1. The van der Waals surface area contributed by atoms with E-state index in [2.05, 4.69) is 10.4 Å². The molecule has 3 nitrogen and oxygen atoms in total. The van der Waals surface area contributed by atoms with Crippen molar-refractivity contribution in [2.75, 3.05) is 6.54 Å². The monoisotopic (exact) mass is 235 g/mol. The summed E-state index contributed by atoms with van der Waals surface area (Å²) in [5.74, 6) is 0. The Morgan fingerprint density at radius 3 is 2.50 bits per heavy atom. The highest BCUT2D eigenvalue weighted by Crippen LogP contribution is 2.29. The Hall–Kier alpha value is -1.04. The van der Waals surface area contributed by atoms with Gasteiger partial charge in [-0.2, -0.15) is 18.3 Å². The highest BCUT2D eigenvalue weighted by atomic mass is 19.4. The van der Waals surface area contributed by atoms with Crippen LogP contribution in [0.25, 0.3) is 0 Å². The molecule has 0 aromatic carbocycles. The lowest BCUT2D eigenvalue weighted by molar-refractivity contribution is -0.137. The van der Waals surface area contributed by atoms with Gasteiger partial charge in [-0.05, 0) is 20.4 Å². The minimum absolute atomic E-state index is 0.0750. The molecular formula is C10H16F3N3. The van der Waals surface area contributed by atoms with Crippen LogP contribution in [0.4, 0.5) is 13.2 Å². The SMILES string of the molecule is CCNC(C)C(C)n1cc(C(F)(F)F)cn1. The number of nitrogens with zero attached hydrogens (tertiary/aromatic N) is 2. The molecule has 0 bridgehead atoms. The van der Waals surface area contributed by atoms with E-state index in [0.29, 0.717) is 0 Å². The van der Waals surface area contributed by atoms with Crippen molar-refractivity contribution in [2.45, 2.75) is 39.0 Å². The van der Waals surface area contributed by atoms with Gasteiger partial charge in [0.05, 0.1) is 17.8 Å². The van der Waals surface area contributed by atoms with E-state index in [0.717, 1.165) is 18.9 Å². The summed E-state index contributed by atoms with van der Waals surface area (Å²) < 4.78 is 38.4. The molecule has 1 aromatic rings. The number of hydrogen-bond acceptors (Lipinski definition) is 2. The molecule has 16 heavy (non-hydrogen) atoms. The van der Waals surface area contributed by atoms with Crippen molar-refractivity contribution in [3.05, 3.63) is 18.0 Å². The first-order valence-electron chi connectivity index (χ1n) is 5.21. The average Bonchev–Trinajstić information content (AvgIpc) is 2.65. The van der Waals surface area contributed by atoms with Crippen LogP contribution >= 0.6 is 0 Å². The molecule has 2 atom stereocenters. The van der Waals surface area contributed by atoms with Gasteiger partial charge in [-0.3, -0.25) is 4.68 Å². The predicted molar refractivity (Wildman–Crippen MR) is 55.1 cm³/mol. The van der Waals surface area contributed by atoms with E-state index in [1.54, 1.807) is 0 Å². The summed E-state index contributed by atoms with van der Waals surface area (Å²) in [6.07, 6.45) is -2.42. The molecule has 0 aliphatic carbocycles. The first-order valence-corrected chi connectivity index (χ1v) is 5.21. The molecule has 0 aliphatic heterocycles. The lowest BCUT2D eigenvalue weighted by Gasteiger charge is -2.20. The van der Waals surface area contributed by atoms with E-state index < -0.39 is 11.7 Å². The molecule has 1 aromatic heterocycles. The molecule has 0 spiro atoms. The largest absolute Gasteiger partial charge is 0.419 e. The van der Waals surface area contributed by atoms with Gasteiger partial charge in [0.25, 0.3) is 0 Å². The molecule has 2 unspecified atom stereocenters. The van der Waals surface area contributed by atoms with Gasteiger partial charge in [-0.15, -0.1) is 0 Å². The first kappa shape index (κ1) is 13.0. The van der Waals surface area contributed by atoms with Crippen LogP contribution in [0.1, 0.15) is 32.4 Å². The summed E-state index contributed by atoms with van der Waals surface area (Å²) in [5, 5.41) is 6.89. The second kappa shape index (κ2) is 4.86. The zero-order valence-corrected chi connectivity index (χ0v) is 9.54. The van der Waals surface area contributed by atoms with Crippen LogP contribution in [0.5, 0.6) is 0 Å². The highest BCUT2D eigenvalue weighted by molar-refractivity contribution is 5.09. The topological polar surface area (TPSA) is 29.9 Å². The Labute approximate surface area is 92.6 Å². The number of nitrogens with one attached hydrogen (secondary N) is 1. The Bertz CT molecular complexity index is 332. The molecule has 1 heterocycles. The van der Waals surface area contributed by atoms with E-state index in [-0.39, 0.29) is 12.1 Å². The van der Waals surface area contributed by atoms with Gasteiger partial charge < -0.3 is 5.32 Å². The van der Waals surface area contributed by atoms with Gasteiger partial charge in [-0.25, -0.2) is 0 Å². The van der Waals surface area contributed by atoms with Crippen molar-refractivity contribution in [3.63, 3.8) is 0 Å². The third-order valence-electron chi connectivity index (χ3n) is 2.60. The number of hydrogen-bond donors (Lipinski definition) is 1. The highest BCUT2D eigenvalue weighted by Gasteiger charge is 2.32. The Morgan fingerprint density at radius 2 is 2.06 bits per heavy atom. The van der Waals surface area contributed by atoms with Gasteiger partial charge in [0.2, 0.25) is 0 Å². The van der Waals surface area contributed by atoms with Crippen molar-refractivity contribution < 1.29 is 13.2 Å². The van der Waals surface area contributed by atoms with Gasteiger partial charge in [-0.1, -0.05) is 6.92 Å². The summed E-state index contributed by atoms with van der Waals surface area (Å²) in [5.41, 5.74) is -0.706. The fourth-order valence-corrected chi connectivity index (χ4v) is 1.43. The van der Waals surface area contributed by atoms with E-state index in [1.807, 2.05) is 20.8 Å². The zero-order valence-electron chi connectivity index (χ0n) is 9.54. The van der Waals surface area contributed by atoms with Gasteiger partial charge in [0.15, 0.2) is 0 Å². The molecule has 1 N–H and O–H groups in total. The minimum Gasteiger partial charge on any atom is -0.312 e. The second-order valence-corrected chi connectivity index (χ2v) is 3.79. The molecule has 92 valence electrons. The van der Waals surface area contributed by atoms with Crippen molar-refractivity contribution in [1.82, 2.24) is 15.1 Å². The van der Waals surface area contributed by atoms with Crippen LogP contribution in [0, 0.1) is 0 Å². The summed E-state index contributed by atoms with van der Waals surface area (Å²) in [6, 6.07) is -0.0398. The molecule has 0 saturated heterocycles. The van der Waals surface area contributed by atoms with Crippen LogP contribution in [0.3, 0.4) is 0 Å². The number of alkyl halides is 3. The summed E-state index contributed by atoms with van der Waals surface area (Å²) in [7, 11) is 0. The van der Waals surface area contributed by atoms with Crippen molar-refractivity contribution in [1.29, 1.82) is 0 Å². The maximum absolute atomic E-state index is 12.3. The molecule has 6 heteroatoms. The van der Waals surface area contributed by atoms with Crippen LogP contribution in [-0.2, 0) is 6.18 Å². The van der Waals surface area contributed by atoms with E-state index >= 15 is 0 Å². The average molecular weight is 235 g/mol. The number of halogens is 3. The third kappa shape index (κ3) is 2.98. The van der Waals surface area contributed by atoms with E-state index in [1.165, 1.54) is 4.68 Å². The fourth-order valence-electron chi connectivity index (χ4n) is 1.43. The summed E-state index contributed by atoms with van der Waals surface area (Å²) >= 11 is 0. The molecule has 0 amide bonds. The van der Waals surface area contributed by atoms with Gasteiger partial charge >= 0.3 is 6.18 Å². The Balaban J connectivity index is 2.78. The second-order valence-electron chi connectivity index (χ2n) is 3.79. The van der Waals surface area contributed by atoms with Crippen molar-refractivity contribution in [3.8, 4) is 0 Å². The van der Waals surface area contributed by atoms with E-state index in [9.17, 15) is 13.2 Å². The smallest absolute Gasteiger partial charge is 0.312 e. The summed E-state index contributed by atoms with van der Waals surface area (Å²) in [6.45, 7) is 6.48. The van der Waals surface area contributed by atoms with Crippen LogP contribution in [0.2, 0.25) is 0 Å². The molecule has 0 aliphatic rings. The first-order chi connectivity index (χ1) is 7.36. The number of likely N-dealkylation sites (N-methyl/N-ethyl adjacent to an activating group) is 1. The number of aromatic nitrogens is 2. The van der Waals surface area contributed by atoms with E-state index in [4.69, 9.17) is 0 Å². The predicted octanol–water partition coefficient (Wildman–Crippen LogP) is 2.46. The van der Waals surface area contributed by atoms with Crippen LogP contribution in [0.15, 0.2) is 12.4 Å². The molecule has 0 saturated carbocycles. The van der Waals surface area contributed by atoms with Crippen LogP contribution < -0.4 is 5.32 Å². The lowest BCUT2D eigenvalue weighted by Crippen LogP contribution is -2.33. The summed E-state index contributed by atoms with van der Waals surface area (Å²) in [4.78, 5) is 0. The van der Waals surface area contributed by atoms with Crippen LogP contribution in [-0.4, -0.2) is 22.4 Å². The molecule has 1 rings (SSSR count). The standard InChI is InChI=1S/C10H16F3N3/c1-4-14-7(2)8(3)16-6-9(5-15-16)10(11,12)13/h5-8,14H,4H2,1-3H3. The minimum atomic E-state index is -4.32. The Morgan fingerprint density at radius 1 is 1.44 bits per heavy atom. The van der Waals surface area contributed by atoms with Crippen molar-refractivity contribution in [2.24, 2.45) is 0 Å². The Kier molecular flexibility index (Phi) is 3.96. The fraction of sp³-hybridized carbons (Fsp3) is 0.700. The maximum atomic E-state index is 12.3.